The van der Waals surface area contributed by atoms with E-state index in [0.717, 1.165) is 12.8 Å². The topological polar surface area (TPSA) is 17.1 Å². The zero-order valence-electron chi connectivity index (χ0n) is 13.4. The van der Waals surface area contributed by atoms with Crippen molar-refractivity contribution in [1.29, 1.82) is 0 Å². The van der Waals surface area contributed by atoms with Gasteiger partial charge in [0.1, 0.15) is 0 Å². The van der Waals surface area contributed by atoms with Crippen LogP contribution in [0.3, 0.4) is 0 Å². The van der Waals surface area contributed by atoms with Gasteiger partial charge in [-0.1, -0.05) is 13.8 Å². The van der Waals surface area contributed by atoms with E-state index in [2.05, 4.69) is 13.8 Å². The van der Waals surface area contributed by atoms with E-state index in [1.807, 2.05) is 0 Å². The molecule has 1 nitrogen and oxygen atoms in total. The van der Waals surface area contributed by atoms with Crippen LogP contribution in [0.4, 0.5) is 0 Å². The summed E-state index contributed by atoms with van der Waals surface area (Å²) in [6.07, 6.45) is 10.9. The molecular formula is C20H26O. The van der Waals surface area contributed by atoms with Gasteiger partial charge in [-0.25, -0.2) is 0 Å². The number of benzene rings is 1. The summed E-state index contributed by atoms with van der Waals surface area (Å²) >= 11 is 0. The molecule has 1 unspecified atom stereocenters. The Morgan fingerprint density at radius 2 is 1.33 bits per heavy atom. The molecule has 0 fully saturated rings. The Kier molecular flexibility index (Phi) is 3.20. The molecule has 1 atom stereocenters. The molecule has 1 aromatic carbocycles. The molecule has 0 bridgehead atoms. The van der Waals surface area contributed by atoms with Crippen LogP contribution < -0.4 is 0 Å². The highest BCUT2D eigenvalue weighted by atomic mass is 16.1. The van der Waals surface area contributed by atoms with Gasteiger partial charge >= 0.3 is 0 Å². The zero-order chi connectivity index (χ0) is 14.6. The van der Waals surface area contributed by atoms with Gasteiger partial charge < -0.3 is 0 Å². The standard InChI is InChI=1S/C20H26O/c1-12(2)17-11-18(21)20-16-10-6-4-8-14(16)13-7-3-5-9-15(13)19(17)20/h12,17H,3-11H2,1-2H3. The summed E-state index contributed by atoms with van der Waals surface area (Å²) in [5.41, 5.74) is 9.07. The summed E-state index contributed by atoms with van der Waals surface area (Å²) in [4.78, 5) is 12.7. The Labute approximate surface area is 128 Å². The van der Waals surface area contributed by atoms with Crippen molar-refractivity contribution >= 4 is 5.78 Å². The van der Waals surface area contributed by atoms with Gasteiger partial charge in [-0.05, 0) is 91.0 Å². The number of rotatable bonds is 1. The SMILES string of the molecule is CC(C)C1CC(=O)c2c3c(c4c(c21)CCCC4)CCCC3. The molecular weight excluding hydrogens is 256 g/mol. The minimum Gasteiger partial charge on any atom is -0.294 e. The molecule has 0 aliphatic heterocycles. The summed E-state index contributed by atoms with van der Waals surface area (Å²) in [6, 6.07) is 0. The van der Waals surface area contributed by atoms with Gasteiger partial charge in [0.2, 0.25) is 0 Å². The Bertz CT molecular complexity index is 609. The van der Waals surface area contributed by atoms with Gasteiger partial charge in [0.05, 0.1) is 0 Å². The second-order valence-electron chi connectivity index (χ2n) is 7.59. The number of fused-ring (bicyclic) bond motifs is 6. The first-order chi connectivity index (χ1) is 10.2. The summed E-state index contributed by atoms with van der Waals surface area (Å²) < 4.78 is 0. The van der Waals surface area contributed by atoms with E-state index in [1.54, 1.807) is 16.7 Å². The van der Waals surface area contributed by atoms with Crippen LogP contribution in [0.2, 0.25) is 0 Å². The van der Waals surface area contributed by atoms with Crippen molar-refractivity contribution < 1.29 is 4.79 Å². The van der Waals surface area contributed by atoms with Crippen LogP contribution in [-0.2, 0) is 25.7 Å². The number of ketones is 1. The summed E-state index contributed by atoms with van der Waals surface area (Å²) in [5, 5.41) is 0. The van der Waals surface area contributed by atoms with Gasteiger partial charge in [-0.2, -0.15) is 0 Å². The van der Waals surface area contributed by atoms with E-state index in [9.17, 15) is 4.79 Å². The van der Waals surface area contributed by atoms with Crippen LogP contribution in [0.25, 0.3) is 0 Å². The average molecular weight is 282 g/mol. The van der Waals surface area contributed by atoms with Crippen molar-refractivity contribution in [3.05, 3.63) is 33.4 Å². The van der Waals surface area contributed by atoms with Gasteiger partial charge in [0.15, 0.2) is 5.78 Å². The molecule has 0 amide bonds. The lowest BCUT2D eigenvalue weighted by Gasteiger charge is -2.31. The lowest BCUT2D eigenvalue weighted by molar-refractivity contribution is 0.0983. The molecule has 0 saturated heterocycles. The maximum absolute atomic E-state index is 12.7. The largest absolute Gasteiger partial charge is 0.294 e. The molecule has 0 aromatic heterocycles. The van der Waals surface area contributed by atoms with Crippen LogP contribution in [0.15, 0.2) is 0 Å². The molecule has 0 saturated carbocycles. The third kappa shape index (κ3) is 1.93. The molecule has 112 valence electrons. The minimum absolute atomic E-state index is 0.454. The van der Waals surface area contributed by atoms with Gasteiger partial charge in [0.25, 0.3) is 0 Å². The summed E-state index contributed by atoms with van der Waals surface area (Å²) in [7, 11) is 0. The maximum Gasteiger partial charge on any atom is 0.164 e. The number of carbonyl (C=O) groups is 1. The zero-order valence-corrected chi connectivity index (χ0v) is 13.4. The van der Waals surface area contributed by atoms with Crippen molar-refractivity contribution in [3.63, 3.8) is 0 Å². The van der Waals surface area contributed by atoms with Crippen LogP contribution >= 0.6 is 0 Å². The summed E-state index contributed by atoms with van der Waals surface area (Å²) in [6.45, 7) is 4.59. The lowest BCUT2D eigenvalue weighted by Crippen LogP contribution is -2.19. The first-order valence-corrected chi connectivity index (χ1v) is 8.91. The molecule has 0 N–H and O–H groups in total. The molecule has 0 radical (unpaired) electrons. The van der Waals surface area contributed by atoms with E-state index >= 15 is 0 Å². The molecule has 3 aliphatic carbocycles. The monoisotopic (exact) mass is 282 g/mol. The fourth-order valence-electron chi connectivity index (χ4n) is 5.06. The number of hydrogen-bond donors (Lipinski definition) is 0. The Morgan fingerprint density at radius 3 is 1.95 bits per heavy atom. The predicted molar refractivity (Wildman–Crippen MR) is 86.3 cm³/mol. The molecule has 1 aromatic rings. The average Bonchev–Trinajstić information content (AvgIpc) is 2.86. The number of Topliss-reactive ketones (excluding diaryl/α,β-unsaturated/α-hetero) is 1. The Morgan fingerprint density at radius 1 is 0.810 bits per heavy atom. The minimum atomic E-state index is 0.454. The van der Waals surface area contributed by atoms with Crippen molar-refractivity contribution in [2.45, 2.75) is 77.6 Å². The highest BCUT2D eigenvalue weighted by Crippen LogP contribution is 2.47. The van der Waals surface area contributed by atoms with Gasteiger partial charge in [-0.3, -0.25) is 4.79 Å². The van der Waals surface area contributed by atoms with Crippen LogP contribution in [0, 0.1) is 5.92 Å². The van der Waals surface area contributed by atoms with Crippen molar-refractivity contribution in [2.24, 2.45) is 5.92 Å². The maximum atomic E-state index is 12.7. The van der Waals surface area contributed by atoms with Crippen LogP contribution in [0.5, 0.6) is 0 Å². The molecule has 0 spiro atoms. The predicted octanol–water partition coefficient (Wildman–Crippen LogP) is 4.77. The van der Waals surface area contributed by atoms with E-state index in [4.69, 9.17) is 0 Å². The second kappa shape index (κ2) is 4.97. The summed E-state index contributed by atoms with van der Waals surface area (Å²) in [5.74, 6) is 1.53. The van der Waals surface area contributed by atoms with Crippen molar-refractivity contribution in [3.8, 4) is 0 Å². The molecule has 1 heteroatoms. The molecule has 4 rings (SSSR count). The van der Waals surface area contributed by atoms with E-state index in [-0.39, 0.29) is 0 Å². The van der Waals surface area contributed by atoms with Crippen LogP contribution in [-0.4, -0.2) is 5.78 Å². The first kappa shape index (κ1) is 13.5. The highest BCUT2D eigenvalue weighted by molar-refractivity contribution is 6.03. The first-order valence-electron chi connectivity index (χ1n) is 8.91. The third-order valence-electron chi connectivity index (χ3n) is 6.06. The highest BCUT2D eigenvalue weighted by Gasteiger charge is 2.38. The van der Waals surface area contributed by atoms with E-state index < -0.39 is 0 Å². The van der Waals surface area contributed by atoms with Crippen molar-refractivity contribution in [1.82, 2.24) is 0 Å². The van der Waals surface area contributed by atoms with Crippen molar-refractivity contribution in [2.75, 3.05) is 0 Å². The molecule has 21 heavy (non-hydrogen) atoms. The quantitative estimate of drug-likeness (QED) is 0.725. The number of carbonyl (C=O) groups excluding carboxylic acids is 1. The Hall–Kier alpha value is -1.11. The fraction of sp³-hybridized carbons (Fsp3) is 0.650. The smallest absolute Gasteiger partial charge is 0.164 e. The van der Waals surface area contributed by atoms with E-state index in [1.165, 1.54) is 61.6 Å². The van der Waals surface area contributed by atoms with Crippen LogP contribution in [0.1, 0.15) is 90.0 Å². The lowest BCUT2D eigenvalue weighted by atomic mass is 9.74. The second-order valence-corrected chi connectivity index (χ2v) is 7.59. The van der Waals surface area contributed by atoms with E-state index in [0.29, 0.717) is 17.6 Å². The molecule has 0 heterocycles. The van der Waals surface area contributed by atoms with Gasteiger partial charge in [0, 0.05) is 12.0 Å². The number of hydrogen-bond acceptors (Lipinski definition) is 1. The van der Waals surface area contributed by atoms with Gasteiger partial charge in [-0.15, -0.1) is 0 Å². The molecule has 3 aliphatic rings. The third-order valence-corrected chi connectivity index (χ3v) is 6.06. The fourth-order valence-corrected chi connectivity index (χ4v) is 5.06. The normalized spacial score (nSPS) is 24.0. The Balaban J connectivity index is 2.02.